The molecule has 0 amide bonds. The summed E-state index contributed by atoms with van der Waals surface area (Å²) in [5.41, 5.74) is 2.51. The molecular weight excluding hydrogens is 525 g/mol. The Kier molecular flexibility index (Phi) is 8.34. The molecule has 4 aromatic rings. The van der Waals surface area contributed by atoms with Gasteiger partial charge in [-0.2, -0.15) is 13.2 Å². The molecule has 37 heavy (non-hydrogen) atoms. The van der Waals surface area contributed by atoms with E-state index in [1.165, 1.54) is 17.8 Å². The monoisotopic (exact) mass is 548 g/mol. The highest BCUT2D eigenvalue weighted by atomic mass is 35.5. The van der Waals surface area contributed by atoms with E-state index in [4.69, 9.17) is 26.1 Å². The van der Waals surface area contributed by atoms with E-state index in [0.717, 1.165) is 22.9 Å². The first-order valence-electron chi connectivity index (χ1n) is 11.5. The topological polar surface area (TPSA) is 53.3 Å². The minimum absolute atomic E-state index is 0.259. The van der Waals surface area contributed by atoms with Crippen molar-refractivity contribution in [2.75, 3.05) is 13.7 Å². The van der Waals surface area contributed by atoms with Crippen molar-refractivity contribution < 1.29 is 27.4 Å². The molecule has 194 valence electrons. The van der Waals surface area contributed by atoms with Gasteiger partial charge in [0.25, 0.3) is 0 Å². The lowest BCUT2D eigenvalue weighted by atomic mass is 10.1. The number of alkyl halides is 3. The van der Waals surface area contributed by atoms with E-state index < -0.39 is 17.7 Å². The summed E-state index contributed by atoms with van der Waals surface area (Å²) in [6, 6.07) is 16.8. The number of rotatable bonds is 9. The van der Waals surface area contributed by atoms with E-state index >= 15 is 0 Å². The zero-order chi connectivity index (χ0) is 26.6. The standard InChI is InChI=1S/C27H24ClF3N2O3S/c1-3-36-25(34)19-7-11-24-23(15-19)32-26(33(24)13-12-17-4-8-20(35-2)9-5-17)37-16-18-6-10-22(28)21(14-18)27(29,30)31/h4-11,14-15H,3,12-13,16H2,1-2H3. The fourth-order valence-electron chi connectivity index (χ4n) is 3.84. The van der Waals surface area contributed by atoms with Crippen LogP contribution in [0.3, 0.4) is 0 Å². The van der Waals surface area contributed by atoms with Gasteiger partial charge in [0.1, 0.15) is 5.75 Å². The number of carbonyl (C=O) groups excluding carboxylic acids is 1. The summed E-state index contributed by atoms with van der Waals surface area (Å²) in [6.45, 7) is 2.58. The normalized spacial score (nSPS) is 11.6. The molecule has 4 rings (SSSR count). The molecule has 1 heterocycles. The third kappa shape index (κ3) is 6.40. The number of imidazole rings is 1. The van der Waals surface area contributed by atoms with Gasteiger partial charge in [-0.15, -0.1) is 0 Å². The van der Waals surface area contributed by atoms with Gasteiger partial charge in [-0.3, -0.25) is 0 Å². The number of nitrogens with zero attached hydrogens (tertiary/aromatic N) is 2. The summed E-state index contributed by atoms with van der Waals surface area (Å²) in [4.78, 5) is 16.9. The first kappa shape index (κ1) is 26.9. The number of aromatic nitrogens is 2. The largest absolute Gasteiger partial charge is 0.497 e. The lowest BCUT2D eigenvalue weighted by Crippen LogP contribution is -2.06. The highest BCUT2D eigenvalue weighted by Crippen LogP contribution is 2.36. The van der Waals surface area contributed by atoms with E-state index in [-0.39, 0.29) is 17.4 Å². The number of fused-ring (bicyclic) bond motifs is 1. The third-order valence-electron chi connectivity index (χ3n) is 5.71. The first-order valence-corrected chi connectivity index (χ1v) is 12.8. The molecule has 0 fully saturated rings. The van der Waals surface area contributed by atoms with Crippen LogP contribution in [0.15, 0.2) is 65.8 Å². The molecular formula is C27H24ClF3N2O3S. The SMILES string of the molecule is CCOC(=O)c1ccc2c(c1)nc(SCc1ccc(Cl)c(C(F)(F)F)c1)n2CCc1ccc(OC)cc1. The van der Waals surface area contributed by atoms with Crippen LogP contribution < -0.4 is 4.74 Å². The summed E-state index contributed by atoms with van der Waals surface area (Å²) in [6.07, 6.45) is -3.84. The molecule has 5 nitrogen and oxygen atoms in total. The molecule has 0 aliphatic heterocycles. The molecule has 0 aliphatic rings. The van der Waals surface area contributed by atoms with Crippen molar-refractivity contribution in [1.82, 2.24) is 9.55 Å². The quantitative estimate of drug-likeness (QED) is 0.161. The second-order valence-corrected chi connectivity index (χ2v) is 9.52. The Balaban J connectivity index is 1.63. The molecule has 0 aliphatic carbocycles. The summed E-state index contributed by atoms with van der Waals surface area (Å²) in [7, 11) is 1.61. The van der Waals surface area contributed by atoms with Gasteiger partial charge in [-0.25, -0.2) is 9.78 Å². The van der Waals surface area contributed by atoms with Crippen molar-refractivity contribution in [3.63, 3.8) is 0 Å². The molecule has 0 saturated carbocycles. The molecule has 0 unspecified atom stereocenters. The molecule has 0 atom stereocenters. The Morgan fingerprint density at radius 1 is 1.05 bits per heavy atom. The van der Waals surface area contributed by atoms with Crippen LogP contribution in [0.5, 0.6) is 5.75 Å². The molecule has 0 radical (unpaired) electrons. The van der Waals surface area contributed by atoms with Gasteiger partial charge in [-0.05, 0) is 66.9 Å². The van der Waals surface area contributed by atoms with E-state index in [1.807, 2.05) is 34.9 Å². The minimum atomic E-state index is -4.53. The van der Waals surface area contributed by atoms with Crippen LogP contribution >= 0.6 is 23.4 Å². The predicted molar refractivity (Wildman–Crippen MR) is 138 cm³/mol. The number of hydrogen-bond donors (Lipinski definition) is 0. The summed E-state index contributed by atoms with van der Waals surface area (Å²) in [5, 5.41) is 0.299. The number of ether oxygens (including phenoxy) is 2. The van der Waals surface area contributed by atoms with Gasteiger partial charge in [0.2, 0.25) is 0 Å². The van der Waals surface area contributed by atoms with Crippen LogP contribution in [0.25, 0.3) is 11.0 Å². The van der Waals surface area contributed by atoms with Gasteiger partial charge in [0.15, 0.2) is 5.16 Å². The molecule has 0 spiro atoms. The fourth-order valence-corrected chi connectivity index (χ4v) is 5.04. The maximum atomic E-state index is 13.3. The fraction of sp³-hybridized carbons (Fsp3) is 0.259. The van der Waals surface area contributed by atoms with Gasteiger partial charge in [-0.1, -0.05) is 41.6 Å². The lowest BCUT2D eigenvalue weighted by Gasteiger charge is -2.12. The second-order valence-electron chi connectivity index (χ2n) is 8.17. The second kappa shape index (κ2) is 11.5. The van der Waals surface area contributed by atoms with Crippen molar-refractivity contribution in [3.8, 4) is 5.75 Å². The van der Waals surface area contributed by atoms with Crippen LogP contribution in [-0.2, 0) is 29.6 Å². The number of halogens is 4. The zero-order valence-corrected chi connectivity index (χ0v) is 21.7. The Morgan fingerprint density at radius 2 is 1.78 bits per heavy atom. The highest BCUT2D eigenvalue weighted by Gasteiger charge is 2.33. The van der Waals surface area contributed by atoms with Crippen molar-refractivity contribution in [2.45, 2.75) is 37.0 Å². The van der Waals surface area contributed by atoms with Crippen LogP contribution in [0.1, 0.15) is 34.0 Å². The number of carbonyl (C=O) groups is 1. The average molecular weight is 549 g/mol. The molecule has 0 bridgehead atoms. The van der Waals surface area contributed by atoms with Crippen molar-refractivity contribution in [2.24, 2.45) is 0 Å². The molecule has 1 aromatic heterocycles. The number of aryl methyl sites for hydroxylation is 2. The molecule has 0 saturated heterocycles. The lowest BCUT2D eigenvalue weighted by molar-refractivity contribution is -0.137. The van der Waals surface area contributed by atoms with Crippen LogP contribution in [0, 0.1) is 0 Å². The van der Waals surface area contributed by atoms with Crippen molar-refractivity contribution >= 4 is 40.4 Å². The molecule has 10 heteroatoms. The Labute approximate surface area is 221 Å². The minimum Gasteiger partial charge on any atom is -0.497 e. The number of esters is 1. The molecule has 3 aromatic carbocycles. The maximum Gasteiger partial charge on any atom is 0.417 e. The summed E-state index contributed by atoms with van der Waals surface area (Å²) < 4.78 is 52.3. The number of benzene rings is 3. The highest BCUT2D eigenvalue weighted by molar-refractivity contribution is 7.98. The smallest absolute Gasteiger partial charge is 0.417 e. The van der Waals surface area contributed by atoms with Gasteiger partial charge < -0.3 is 14.0 Å². The average Bonchev–Trinajstić information content (AvgIpc) is 3.23. The third-order valence-corrected chi connectivity index (χ3v) is 7.09. The van der Waals surface area contributed by atoms with Gasteiger partial charge >= 0.3 is 12.1 Å². The first-order chi connectivity index (χ1) is 17.7. The van der Waals surface area contributed by atoms with Gasteiger partial charge in [0.05, 0.1) is 40.9 Å². The van der Waals surface area contributed by atoms with E-state index in [0.29, 0.717) is 34.8 Å². The molecule has 0 N–H and O–H groups in total. The summed E-state index contributed by atoms with van der Waals surface area (Å²) >= 11 is 7.09. The number of hydrogen-bond acceptors (Lipinski definition) is 5. The Hall–Kier alpha value is -3.17. The number of methoxy groups -OCH3 is 1. The van der Waals surface area contributed by atoms with E-state index in [1.54, 1.807) is 32.2 Å². The van der Waals surface area contributed by atoms with E-state index in [9.17, 15) is 18.0 Å². The van der Waals surface area contributed by atoms with Crippen LogP contribution in [0.2, 0.25) is 5.02 Å². The van der Waals surface area contributed by atoms with Crippen LogP contribution in [-0.4, -0.2) is 29.2 Å². The maximum absolute atomic E-state index is 13.3. The Morgan fingerprint density at radius 3 is 2.46 bits per heavy atom. The Bertz CT molecular complexity index is 1400. The van der Waals surface area contributed by atoms with Crippen LogP contribution in [0.4, 0.5) is 13.2 Å². The van der Waals surface area contributed by atoms with E-state index in [2.05, 4.69) is 0 Å². The number of thioether (sulfide) groups is 1. The zero-order valence-electron chi connectivity index (χ0n) is 20.1. The predicted octanol–water partition coefficient (Wildman–Crippen LogP) is 7.43. The van der Waals surface area contributed by atoms with Crippen molar-refractivity contribution in [1.29, 1.82) is 0 Å². The summed E-state index contributed by atoms with van der Waals surface area (Å²) in [5.74, 6) is 0.588. The van der Waals surface area contributed by atoms with Crippen molar-refractivity contribution in [3.05, 3.63) is 87.9 Å². The van der Waals surface area contributed by atoms with Gasteiger partial charge in [0, 0.05) is 12.3 Å².